The topological polar surface area (TPSA) is 78.4 Å². The van der Waals surface area contributed by atoms with E-state index in [1.54, 1.807) is 13.1 Å². The lowest BCUT2D eigenvalue weighted by molar-refractivity contribution is -0.129. The highest BCUT2D eigenvalue weighted by Crippen LogP contribution is 2.12. The zero-order valence-electron chi connectivity index (χ0n) is 13.9. The third-order valence-corrected chi connectivity index (χ3v) is 3.99. The number of piperazine rings is 1. The van der Waals surface area contributed by atoms with Crippen LogP contribution in [0.5, 0.6) is 0 Å². The van der Waals surface area contributed by atoms with Gasteiger partial charge in [-0.05, 0) is 6.42 Å². The van der Waals surface area contributed by atoms with Gasteiger partial charge < -0.3 is 15.1 Å². The van der Waals surface area contributed by atoms with E-state index in [-0.39, 0.29) is 11.8 Å². The molecule has 23 heavy (non-hydrogen) atoms. The van der Waals surface area contributed by atoms with Crippen LogP contribution < -0.4 is 10.2 Å². The molecule has 7 heteroatoms. The normalized spacial score (nSPS) is 14.7. The first kappa shape index (κ1) is 17.2. The quantitative estimate of drug-likeness (QED) is 0.793. The maximum absolute atomic E-state index is 11.9. The Balaban J connectivity index is 1.85. The van der Waals surface area contributed by atoms with E-state index in [0.717, 1.165) is 38.2 Å². The van der Waals surface area contributed by atoms with Crippen LogP contribution in [0.4, 0.5) is 5.82 Å². The summed E-state index contributed by atoms with van der Waals surface area (Å²) < 4.78 is 0. The SMILES string of the molecule is CCCCCNC(=O)c1cnc(N2CCN(C(C)=O)CC2)cn1. The van der Waals surface area contributed by atoms with Gasteiger partial charge in [0.15, 0.2) is 0 Å². The number of anilines is 1. The van der Waals surface area contributed by atoms with Crippen LogP contribution in [0.15, 0.2) is 12.4 Å². The fourth-order valence-electron chi connectivity index (χ4n) is 2.52. The summed E-state index contributed by atoms with van der Waals surface area (Å²) in [5.41, 5.74) is 0.340. The molecule has 2 amide bonds. The Morgan fingerprint density at radius 2 is 1.87 bits per heavy atom. The Hall–Kier alpha value is -2.18. The fourth-order valence-corrected chi connectivity index (χ4v) is 2.52. The Kier molecular flexibility index (Phi) is 6.31. The molecular formula is C16H25N5O2. The summed E-state index contributed by atoms with van der Waals surface area (Å²) >= 11 is 0. The number of rotatable bonds is 6. The van der Waals surface area contributed by atoms with Crippen LogP contribution in [0.25, 0.3) is 0 Å². The summed E-state index contributed by atoms with van der Waals surface area (Å²) in [6, 6.07) is 0. The van der Waals surface area contributed by atoms with Crippen molar-refractivity contribution in [3.8, 4) is 0 Å². The summed E-state index contributed by atoms with van der Waals surface area (Å²) in [4.78, 5) is 35.7. The summed E-state index contributed by atoms with van der Waals surface area (Å²) in [6.07, 6.45) is 6.36. The Labute approximate surface area is 137 Å². The van der Waals surface area contributed by atoms with Crippen LogP contribution in [-0.2, 0) is 4.79 Å². The highest BCUT2D eigenvalue weighted by molar-refractivity contribution is 5.91. The number of carbonyl (C=O) groups excluding carboxylic acids is 2. The number of carbonyl (C=O) groups is 2. The van der Waals surface area contributed by atoms with Crippen molar-refractivity contribution >= 4 is 17.6 Å². The van der Waals surface area contributed by atoms with Gasteiger partial charge in [-0.25, -0.2) is 9.97 Å². The maximum Gasteiger partial charge on any atom is 0.271 e. The molecule has 0 radical (unpaired) electrons. The van der Waals surface area contributed by atoms with Gasteiger partial charge in [-0.2, -0.15) is 0 Å². The van der Waals surface area contributed by atoms with Gasteiger partial charge >= 0.3 is 0 Å². The smallest absolute Gasteiger partial charge is 0.271 e. The molecule has 0 aliphatic carbocycles. The van der Waals surface area contributed by atoms with Gasteiger partial charge in [-0.1, -0.05) is 19.8 Å². The average Bonchev–Trinajstić information content (AvgIpc) is 2.59. The van der Waals surface area contributed by atoms with E-state index < -0.39 is 0 Å². The van der Waals surface area contributed by atoms with Crippen LogP contribution in [-0.4, -0.2) is 59.4 Å². The zero-order valence-corrected chi connectivity index (χ0v) is 13.9. The van der Waals surface area contributed by atoms with Gasteiger partial charge in [-0.15, -0.1) is 0 Å². The summed E-state index contributed by atoms with van der Waals surface area (Å²) in [5.74, 6) is 0.670. The molecule has 1 fully saturated rings. The number of nitrogens with one attached hydrogen (secondary N) is 1. The van der Waals surface area contributed by atoms with Gasteiger partial charge in [0.05, 0.1) is 12.4 Å². The van der Waals surface area contributed by atoms with Crippen molar-refractivity contribution in [3.05, 3.63) is 18.1 Å². The summed E-state index contributed by atoms with van der Waals surface area (Å²) in [5, 5.41) is 2.85. The van der Waals surface area contributed by atoms with E-state index in [0.29, 0.717) is 25.3 Å². The molecule has 1 saturated heterocycles. The average molecular weight is 319 g/mol. The predicted molar refractivity (Wildman–Crippen MR) is 88.4 cm³/mol. The second-order valence-corrected chi connectivity index (χ2v) is 5.72. The molecule has 0 saturated carbocycles. The van der Waals surface area contributed by atoms with Gasteiger partial charge in [0.2, 0.25) is 5.91 Å². The molecule has 0 atom stereocenters. The molecule has 0 bridgehead atoms. The van der Waals surface area contributed by atoms with Crippen molar-refractivity contribution in [2.24, 2.45) is 0 Å². The van der Waals surface area contributed by atoms with E-state index in [2.05, 4.69) is 27.1 Å². The molecule has 1 aromatic rings. The molecule has 2 rings (SSSR count). The second kappa shape index (κ2) is 8.45. The number of amides is 2. The lowest BCUT2D eigenvalue weighted by Gasteiger charge is -2.34. The summed E-state index contributed by atoms with van der Waals surface area (Å²) in [7, 11) is 0. The van der Waals surface area contributed by atoms with Crippen LogP contribution in [0.3, 0.4) is 0 Å². The highest BCUT2D eigenvalue weighted by Gasteiger charge is 2.20. The number of hydrogen-bond acceptors (Lipinski definition) is 5. The molecule has 0 aromatic carbocycles. The third kappa shape index (κ3) is 4.91. The first-order valence-electron chi connectivity index (χ1n) is 8.22. The number of aromatic nitrogens is 2. The molecular weight excluding hydrogens is 294 g/mol. The van der Waals surface area contributed by atoms with Crippen molar-refractivity contribution in [1.29, 1.82) is 0 Å². The first-order valence-corrected chi connectivity index (χ1v) is 8.22. The van der Waals surface area contributed by atoms with Gasteiger partial charge in [0.25, 0.3) is 5.91 Å². The lowest BCUT2D eigenvalue weighted by atomic mass is 10.2. The van der Waals surface area contributed by atoms with E-state index in [4.69, 9.17) is 0 Å². The minimum Gasteiger partial charge on any atom is -0.352 e. The molecule has 0 unspecified atom stereocenters. The third-order valence-electron chi connectivity index (χ3n) is 3.99. The van der Waals surface area contributed by atoms with Crippen LogP contribution in [0, 0.1) is 0 Å². The fraction of sp³-hybridized carbons (Fsp3) is 0.625. The van der Waals surface area contributed by atoms with E-state index in [1.165, 1.54) is 6.20 Å². The molecule has 1 aromatic heterocycles. The molecule has 1 N–H and O–H groups in total. The Morgan fingerprint density at radius 3 is 2.43 bits per heavy atom. The van der Waals surface area contributed by atoms with Crippen molar-refractivity contribution < 1.29 is 9.59 Å². The van der Waals surface area contributed by atoms with Crippen molar-refractivity contribution in [2.75, 3.05) is 37.6 Å². The monoisotopic (exact) mass is 319 g/mol. The molecule has 126 valence electrons. The highest BCUT2D eigenvalue weighted by atomic mass is 16.2. The van der Waals surface area contributed by atoms with Crippen molar-refractivity contribution in [1.82, 2.24) is 20.2 Å². The molecule has 1 aliphatic heterocycles. The van der Waals surface area contributed by atoms with Gasteiger partial charge in [0, 0.05) is 39.6 Å². The van der Waals surface area contributed by atoms with Crippen molar-refractivity contribution in [2.45, 2.75) is 33.1 Å². The lowest BCUT2D eigenvalue weighted by Crippen LogP contribution is -2.48. The zero-order chi connectivity index (χ0) is 16.7. The summed E-state index contributed by atoms with van der Waals surface area (Å²) in [6.45, 7) is 7.23. The minimum atomic E-state index is -0.179. The van der Waals surface area contributed by atoms with Crippen LogP contribution in [0.2, 0.25) is 0 Å². The maximum atomic E-state index is 11.9. The minimum absolute atomic E-state index is 0.103. The number of nitrogens with zero attached hydrogens (tertiary/aromatic N) is 4. The Bertz CT molecular complexity index is 524. The number of hydrogen-bond donors (Lipinski definition) is 1. The second-order valence-electron chi connectivity index (χ2n) is 5.72. The standard InChI is InChI=1S/C16H25N5O2/c1-3-4-5-6-17-16(23)14-11-19-15(12-18-14)21-9-7-20(8-10-21)13(2)22/h11-12H,3-10H2,1-2H3,(H,17,23). The first-order chi connectivity index (χ1) is 11.1. The van der Waals surface area contributed by atoms with E-state index >= 15 is 0 Å². The van der Waals surface area contributed by atoms with Gasteiger partial charge in [-0.3, -0.25) is 9.59 Å². The van der Waals surface area contributed by atoms with E-state index in [1.807, 2.05) is 4.90 Å². The molecule has 1 aliphatic rings. The predicted octanol–water partition coefficient (Wildman–Crippen LogP) is 1.07. The van der Waals surface area contributed by atoms with Gasteiger partial charge in [0.1, 0.15) is 11.5 Å². The van der Waals surface area contributed by atoms with Crippen LogP contribution in [0.1, 0.15) is 43.6 Å². The van der Waals surface area contributed by atoms with Crippen LogP contribution >= 0.6 is 0 Å². The van der Waals surface area contributed by atoms with Crippen molar-refractivity contribution in [3.63, 3.8) is 0 Å². The largest absolute Gasteiger partial charge is 0.352 e. The Morgan fingerprint density at radius 1 is 1.13 bits per heavy atom. The van der Waals surface area contributed by atoms with E-state index in [9.17, 15) is 9.59 Å². The number of unbranched alkanes of at least 4 members (excludes halogenated alkanes) is 2. The molecule has 7 nitrogen and oxygen atoms in total. The molecule has 0 spiro atoms. The molecule has 2 heterocycles.